The summed E-state index contributed by atoms with van der Waals surface area (Å²) < 4.78 is 62.7. The molecular weight excluding hydrogens is 285 g/mol. The third-order valence-electron chi connectivity index (χ3n) is 1.59. The quantitative estimate of drug-likeness (QED) is 0.372. The summed E-state index contributed by atoms with van der Waals surface area (Å²) in [6.45, 7) is 7.63. The molecule has 0 aliphatic carbocycles. The molecule has 0 rings (SSSR count). The molecule has 0 saturated heterocycles. The van der Waals surface area contributed by atoms with Crippen LogP contribution >= 0.6 is 0 Å². The Morgan fingerprint density at radius 1 is 1.05 bits per heavy atom. The number of hydrogen-bond acceptors (Lipinski definition) is 4. The van der Waals surface area contributed by atoms with E-state index >= 15 is 0 Å². The molecule has 0 radical (unpaired) electrons. The van der Waals surface area contributed by atoms with Crippen LogP contribution in [0.15, 0.2) is 25.2 Å². The lowest BCUT2D eigenvalue weighted by Gasteiger charge is -1.99. The minimum atomic E-state index is -4.55. The molecule has 0 heterocycles. The van der Waals surface area contributed by atoms with Gasteiger partial charge in [0.15, 0.2) is 0 Å². The molecule has 0 aliphatic rings. The lowest BCUT2D eigenvalue weighted by atomic mass is 10.3. The van der Waals surface area contributed by atoms with Crippen molar-refractivity contribution in [2.75, 3.05) is 19.0 Å². The standard InChI is InChI=1S/C7H13FO.C4H6F2O3S/c1-3-4-5-6-9-7(2)8;1-4(5)9-2-3-10(6,7)8/h2-6H2,1H3;1-3H2. The molecule has 0 spiro atoms. The van der Waals surface area contributed by atoms with Crippen LogP contribution in [0.1, 0.15) is 26.2 Å². The van der Waals surface area contributed by atoms with Crippen molar-refractivity contribution in [2.45, 2.75) is 26.2 Å². The molecule has 0 bridgehead atoms. The molecule has 0 aliphatic heterocycles. The third-order valence-corrected chi connectivity index (χ3v) is 2.25. The van der Waals surface area contributed by atoms with Crippen molar-refractivity contribution in [3.63, 3.8) is 0 Å². The Labute approximate surface area is 112 Å². The summed E-state index contributed by atoms with van der Waals surface area (Å²) in [6.07, 6.45) is 3.13. The fourth-order valence-electron chi connectivity index (χ4n) is 0.787. The van der Waals surface area contributed by atoms with Crippen molar-refractivity contribution < 1.29 is 30.6 Å². The van der Waals surface area contributed by atoms with Gasteiger partial charge in [0.25, 0.3) is 12.0 Å². The fourth-order valence-corrected chi connectivity index (χ4v) is 1.07. The van der Waals surface area contributed by atoms with E-state index in [2.05, 4.69) is 29.6 Å². The van der Waals surface area contributed by atoms with Crippen LogP contribution in [0.25, 0.3) is 0 Å². The molecule has 0 unspecified atom stereocenters. The summed E-state index contributed by atoms with van der Waals surface area (Å²) in [5.41, 5.74) is 0. The molecule has 0 N–H and O–H groups in total. The van der Waals surface area contributed by atoms with E-state index in [0.717, 1.165) is 19.3 Å². The molecule has 0 fully saturated rings. The predicted molar refractivity (Wildman–Crippen MR) is 66.8 cm³/mol. The van der Waals surface area contributed by atoms with Crippen molar-refractivity contribution in [2.24, 2.45) is 0 Å². The molecule has 0 amide bonds. The lowest BCUT2D eigenvalue weighted by Crippen LogP contribution is -2.05. The Kier molecular flexibility index (Phi) is 12.6. The zero-order valence-electron chi connectivity index (χ0n) is 10.8. The maximum Gasteiger partial charge on any atom is 0.305 e. The van der Waals surface area contributed by atoms with Crippen LogP contribution in [0, 0.1) is 0 Å². The molecule has 19 heavy (non-hydrogen) atoms. The van der Waals surface area contributed by atoms with Crippen molar-refractivity contribution in [3.8, 4) is 0 Å². The smallest absolute Gasteiger partial charge is 0.305 e. The largest absolute Gasteiger partial charge is 0.471 e. The molecule has 0 aromatic carbocycles. The van der Waals surface area contributed by atoms with Gasteiger partial charge >= 0.3 is 10.2 Å². The molecule has 0 aromatic heterocycles. The van der Waals surface area contributed by atoms with Crippen LogP contribution in [0.3, 0.4) is 0 Å². The minimum Gasteiger partial charge on any atom is -0.471 e. The minimum absolute atomic E-state index is 0.461. The van der Waals surface area contributed by atoms with Gasteiger partial charge in [0.05, 0.1) is 6.61 Å². The monoisotopic (exact) mass is 304 g/mol. The lowest BCUT2D eigenvalue weighted by molar-refractivity contribution is 0.143. The van der Waals surface area contributed by atoms with Crippen LogP contribution in [0.2, 0.25) is 0 Å². The van der Waals surface area contributed by atoms with E-state index < -0.39 is 34.6 Å². The summed E-state index contributed by atoms with van der Waals surface area (Å²) in [5.74, 6) is -0.851. The number of halogens is 3. The zero-order valence-corrected chi connectivity index (χ0v) is 11.6. The normalized spacial score (nSPS) is 10.1. The van der Waals surface area contributed by atoms with Crippen LogP contribution in [-0.4, -0.2) is 27.4 Å². The fraction of sp³-hybridized carbons (Fsp3) is 0.636. The molecule has 4 nitrogen and oxygen atoms in total. The highest BCUT2D eigenvalue weighted by molar-refractivity contribution is 7.86. The van der Waals surface area contributed by atoms with Gasteiger partial charge in [-0.25, -0.2) is 0 Å². The van der Waals surface area contributed by atoms with E-state index in [1.54, 1.807) is 0 Å². The van der Waals surface area contributed by atoms with Gasteiger partial charge in [-0.1, -0.05) is 19.8 Å². The van der Waals surface area contributed by atoms with Crippen molar-refractivity contribution >= 4 is 10.2 Å². The summed E-state index contributed by atoms with van der Waals surface area (Å²) in [4.78, 5) is 0. The molecule has 114 valence electrons. The van der Waals surface area contributed by atoms with E-state index in [-0.39, 0.29) is 0 Å². The summed E-state index contributed by atoms with van der Waals surface area (Å²) in [5, 5.41) is 0. The first-order chi connectivity index (χ1) is 8.69. The molecule has 0 aromatic rings. The zero-order chi connectivity index (χ0) is 15.3. The summed E-state index contributed by atoms with van der Waals surface area (Å²) in [7, 11) is -4.55. The van der Waals surface area contributed by atoms with Crippen LogP contribution < -0.4 is 0 Å². The van der Waals surface area contributed by atoms with Crippen LogP contribution in [-0.2, 0) is 19.7 Å². The number of rotatable bonds is 9. The average Bonchev–Trinajstić information content (AvgIpc) is 2.22. The highest BCUT2D eigenvalue weighted by Gasteiger charge is 2.06. The Balaban J connectivity index is 0. The molecule has 0 saturated carbocycles. The molecule has 8 heteroatoms. The van der Waals surface area contributed by atoms with Crippen molar-refractivity contribution in [1.82, 2.24) is 0 Å². The Morgan fingerprint density at radius 2 is 1.53 bits per heavy atom. The van der Waals surface area contributed by atoms with E-state index in [9.17, 15) is 21.1 Å². The van der Waals surface area contributed by atoms with E-state index in [4.69, 9.17) is 0 Å². The first-order valence-electron chi connectivity index (χ1n) is 5.55. The topological polar surface area (TPSA) is 52.6 Å². The Bertz CT molecular complexity index is 355. The maximum atomic E-state index is 11.7. The number of ether oxygens (including phenoxy) is 2. The van der Waals surface area contributed by atoms with Crippen molar-refractivity contribution in [1.29, 1.82) is 0 Å². The first-order valence-corrected chi connectivity index (χ1v) is 7.11. The second-order valence-corrected chi connectivity index (χ2v) is 4.84. The van der Waals surface area contributed by atoms with E-state index in [0.29, 0.717) is 6.61 Å². The van der Waals surface area contributed by atoms with Gasteiger partial charge in [-0.2, -0.15) is 17.2 Å². The summed E-state index contributed by atoms with van der Waals surface area (Å²) in [6, 6.07) is -1.80. The van der Waals surface area contributed by atoms with E-state index in [1.165, 1.54) is 0 Å². The van der Waals surface area contributed by atoms with Crippen LogP contribution in [0.4, 0.5) is 12.7 Å². The summed E-state index contributed by atoms with van der Waals surface area (Å²) >= 11 is 0. The SMILES string of the molecule is C=C(F)OCCCCC.C=C(F)OCCS(=O)(=O)F. The van der Waals surface area contributed by atoms with Gasteiger partial charge in [0.2, 0.25) is 0 Å². The second kappa shape index (κ2) is 11.9. The predicted octanol–water partition coefficient (Wildman–Crippen LogP) is 3.38. The molecule has 0 atom stereocenters. The average molecular weight is 304 g/mol. The van der Waals surface area contributed by atoms with Crippen LogP contribution in [0.5, 0.6) is 0 Å². The third kappa shape index (κ3) is 26.4. The van der Waals surface area contributed by atoms with E-state index in [1.807, 2.05) is 0 Å². The Morgan fingerprint density at radius 3 is 1.89 bits per heavy atom. The first kappa shape index (κ1) is 20.1. The second-order valence-electron chi connectivity index (χ2n) is 3.36. The Hall–Kier alpha value is -1.18. The van der Waals surface area contributed by atoms with Gasteiger partial charge in [0.1, 0.15) is 12.4 Å². The number of unbranched alkanes of at least 4 members (excludes halogenated alkanes) is 2. The van der Waals surface area contributed by atoms with Gasteiger partial charge in [0, 0.05) is 0 Å². The highest BCUT2D eigenvalue weighted by Crippen LogP contribution is 1.99. The van der Waals surface area contributed by atoms with Gasteiger partial charge in [-0.3, -0.25) is 0 Å². The van der Waals surface area contributed by atoms with Gasteiger partial charge in [-0.15, -0.1) is 3.89 Å². The maximum absolute atomic E-state index is 11.7. The van der Waals surface area contributed by atoms with Gasteiger partial charge < -0.3 is 9.47 Å². The van der Waals surface area contributed by atoms with Crippen molar-refractivity contribution in [3.05, 3.63) is 25.2 Å². The van der Waals surface area contributed by atoms with Gasteiger partial charge in [-0.05, 0) is 19.6 Å². The number of hydrogen-bond donors (Lipinski definition) is 0. The highest BCUT2D eigenvalue weighted by atomic mass is 32.3. The molecular formula is C11H19F3O4S.